The molecule has 0 saturated heterocycles. The van der Waals surface area contributed by atoms with Gasteiger partial charge in [-0.15, -0.1) is 0 Å². The van der Waals surface area contributed by atoms with Crippen LogP contribution in [-0.4, -0.2) is 88.9 Å². The van der Waals surface area contributed by atoms with Crippen LogP contribution in [0.4, 0.5) is 0 Å². The van der Waals surface area contributed by atoms with Gasteiger partial charge in [-0.1, -0.05) is 64.0 Å². The summed E-state index contributed by atoms with van der Waals surface area (Å²) in [6.45, 7) is 3.42. The zero-order valence-corrected chi connectivity index (χ0v) is 21.9. The van der Waals surface area contributed by atoms with E-state index in [-0.39, 0.29) is 18.9 Å². The van der Waals surface area contributed by atoms with E-state index in [9.17, 15) is 23.4 Å². The molecule has 3 N–H and O–H groups in total. The van der Waals surface area contributed by atoms with Crippen LogP contribution in [0.25, 0.3) is 0 Å². The van der Waals surface area contributed by atoms with E-state index in [0.29, 0.717) is 31.9 Å². The molecule has 1 aliphatic heterocycles. The highest BCUT2D eigenvalue weighted by Crippen LogP contribution is 2.12. The van der Waals surface area contributed by atoms with E-state index in [4.69, 9.17) is 4.55 Å². The molecule has 0 radical (unpaired) electrons. The summed E-state index contributed by atoms with van der Waals surface area (Å²) in [6, 6.07) is 0. The molecule has 0 bridgehead atoms. The van der Waals surface area contributed by atoms with Gasteiger partial charge in [-0.05, 0) is 32.1 Å². The van der Waals surface area contributed by atoms with Gasteiger partial charge in [-0.3, -0.25) is 18.8 Å². The number of carbonyl (C=O) groups excluding carboxylic acids is 1. The van der Waals surface area contributed by atoms with Gasteiger partial charge in [-0.25, -0.2) is 0 Å². The topological polar surface area (TPSA) is 118 Å². The van der Waals surface area contributed by atoms with Crippen molar-refractivity contribution in [3.63, 3.8) is 0 Å². The van der Waals surface area contributed by atoms with Crippen LogP contribution in [0.5, 0.6) is 0 Å². The fourth-order valence-corrected chi connectivity index (χ4v) is 4.96. The number of aliphatic hydroxyl groups excluding tert-OH is 2. The maximum Gasteiger partial charge on any atom is 0.316 e. The first kappa shape index (κ1) is 30.7. The molecule has 0 aromatic rings. The number of amidine groups is 1. The van der Waals surface area contributed by atoms with E-state index in [0.717, 1.165) is 32.1 Å². The number of β-amino-alcohol motifs (C(OH)–C–C–N with tert-alkyl or cyclic N) is 2. The normalized spacial score (nSPS) is 15.6. The van der Waals surface area contributed by atoms with E-state index in [2.05, 4.69) is 19.1 Å². The Morgan fingerprint density at radius 3 is 2.21 bits per heavy atom. The second-order valence-corrected chi connectivity index (χ2v) is 10.8. The number of allylic oxidation sites excluding steroid dienone is 2. The van der Waals surface area contributed by atoms with Gasteiger partial charge < -0.3 is 10.2 Å². The lowest BCUT2D eigenvalue weighted by atomic mass is 10.1. The molecule has 34 heavy (non-hydrogen) atoms. The average Bonchev–Trinajstić information content (AvgIpc) is 3.14. The second-order valence-electron chi connectivity index (χ2n) is 9.29. The van der Waals surface area contributed by atoms with E-state index in [1.165, 1.54) is 44.9 Å². The zero-order chi connectivity index (χ0) is 25.2. The van der Waals surface area contributed by atoms with Gasteiger partial charge in [0.1, 0.15) is 38.0 Å². The van der Waals surface area contributed by atoms with Crippen molar-refractivity contribution in [3.8, 4) is 0 Å². The Morgan fingerprint density at radius 1 is 1.03 bits per heavy atom. The van der Waals surface area contributed by atoms with Crippen molar-refractivity contribution in [3.05, 3.63) is 12.2 Å². The molecular weight excluding hydrogens is 456 g/mol. The summed E-state index contributed by atoms with van der Waals surface area (Å²) in [4.78, 5) is 14.7. The van der Waals surface area contributed by atoms with Crippen molar-refractivity contribution in [2.45, 2.75) is 96.5 Å². The van der Waals surface area contributed by atoms with E-state index >= 15 is 0 Å². The Morgan fingerprint density at radius 2 is 1.62 bits per heavy atom. The van der Waals surface area contributed by atoms with Crippen LogP contribution in [0, 0.1) is 0 Å². The summed E-state index contributed by atoms with van der Waals surface area (Å²) in [7, 11) is -4.29. The largest absolute Gasteiger partial charge is 0.392 e. The van der Waals surface area contributed by atoms with Gasteiger partial charge in [0, 0.05) is 6.42 Å². The maximum atomic E-state index is 12.9. The number of Topliss-reactive ketones (excluding diaryl/α,β-unsaturated/α-hetero) is 1. The summed E-state index contributed by atoms with van der Waals surface area (Å²) in [5.74, 6) is -0.380. The monoisotopic (exact) mass is 503 g/mol. The highest BCUT2D eigenvalue weighted by atomic mass is 32.2. The molecule has 1 unspecified atom stereocenters. The fourth-order valence-electron chi connectivity index (χ4n) is 4.36. The Bertz CT molecular complexity index is 736. The first-order valence-corrected chi connectivity index (χ1v) is 14.7. The van der Waals surface area contributed by atoms with Gasteiger partial charge in [0.15, 0.2) is 0 Å². The number of carbonyl (C=O) groups is 1. The van der Waals surface area contributed by atoms with Crippen LogP contribution < -0.4 is 0 Å². The van der Waals surface area contributed by atoms with Gasteiger partial charge in [0.2, 0.25) is 5.78 Å². The maximum absolute atomic E-state index is 12.9. The number of aliphatic hydroxyl groups is 2. The van der Waals surface area contributed by atoms with Gasteiger partial charge >= 0.3 is 5.84 Å². The predicted octanol–water partition coefficient (Wildman–Crippen LogP) is 3.17. The van der Waals surface area contributed by atoms with Crippen LogP contribution >= 0.6 is 0 Å². The van der Waals surface area contributed by atoms with Gasteiger partial charge in [0.05, 0.1) is 6.61 Å². The number of nitrogens with zero attached hydrogens (tertiary/aromatic N) is 2. The lowest BCUT2D eigenvalue weighted by Crippen LogP contribution is -2.40. The van der Waals surface area contributed by atoms with Crippen LogP contribution in [0.1, 0.15) is 90.4 Å². The summed E-state index contributed by atoms with van der Waals surface area (Å²) < 4.78 is 32.6. The van der Waals surface area contributed by atoms with Crippen molar-refractivity contribution < 1.29 is 32.6 Å². The molecule has 0 spiro atoms. The van der Waals surface area contributed by atoms with Crippen molar-refractivity contribution in [1.82, 2.24) is 4.90 Å². The van der Waals surface area contributed by atoms with E-state index in [1.54, 1.807) is 9.48 Å². The summed E-state index contributed by atoms with van der Waals surface area (Å²) >= 11 is 0. The number of hydrogen-bond acceptors (Lipinski definition) is 6. The minimum atomic E-state index is -4.29. The molecule has 0 fully saturated rings. The first-order valence-electron chi connectivity index (χ1n) is 13.1. The van der Waals surface area contributed by atoms with E-state index in [1.807, 2.05) is 0 Å². The average molecular weight is 504 g/mol. The molecule has 198 valence electrons. The molecule has 0 aromatic heterocycles. The Kier molecular flexibility index (Phi) is 16.3. The minimum Gasteiger partial charge on any atom is -0.392 e. The Balaban J connectivity index is 2.31. The fraction of sp³-hybridized carbons (Fsp3) is 0.840. The third-order valence-corrected chi connectivity index (χ3v) is 6.91. The van der Waals surface area contributed by atoms with Crippen LogP contribution in [0.2, 0.25) is 0 Å². The third kappa shape index (κ3) is 14.2. The van der Waals surface area contributed by atoms with Crippen molar-refractivity contribution in [2.75, 3.05) is 38.5 Å². The molecule has 0 aromatic carbocycles. The third-order valence-electron chi connectivity index (χ3n) is 6.11. The quantitative estimate of drug-likeness (QED) is 0.0953. The zero-order valence-electron chi connectivity index (χ0n) is 21.0. The molecule has 1 rings (SSSR count). The minimum absolute atomic E-state index is 0.0466. The molecule has 0 amide bonds. The van der Waals surface area contributed by atoms with E-state index < -0.39 is 22.0 Å². The van der Waals surface area contributed by atoms with Gasteiger partial charge in [-0.2, -0.15) is 8.42 Å². The SMILES string of the molecule is CCCCCCC/C=C/CCCCCCCC(=O)C1=[N+](CC(O)CS(=O)(=O)O)CCN1CCO. The molecule has 9 heteroatoms. The molecule has 0 aliphatic carbocycles. The standard InChI is InChI=1S/C25H46N2O6S/c1-2-3-4-5-6-7-8-9-10-11-12-13-14-15-16-24(30)25-26(19-20-28)17-18-27(25)21-23(29)22-34(31,32)33/h8-9,23,28-29H,2-7,10-22H2,1H3/p+1/b9-8+. The molecule has 1 heterocycles. The second kappa shape index (κ2) is 18.0. The van der Waals surface area contributed by atoms with Crippen molar-refractivity contribution in [1.29, 1.82) is 0 Å². The summed E-state index contributed by atoms with van der Waals surface area (Å²) in [5, 5.41) is 19.3. The number of ketones is 1. The lowest BCUT2D eigenvalue weighted by molar-refractivity contribution is -0.525. The number of unbranched alkanes of at least 4 members (excludes halogenated alkanes) is 10. The van der Waals surface area contributed by atoms with Crippen LogP contribution in [0.15, 0.2) is 12.2 Å². The lowest BCUT2D eigenvalue weighted by Gasteiger charge is -2.13. The van der Waals surface area contributed by atoms with Crippen molar-refractivity contribution >= 4 is 21.7 Å². The smallest absolute Gasteiger partial charge is 0.316 e. The number of hydrogen-bond donors (Lipinski definition) is 3. The Labute approximate surface area is 206 Å². The van der Waals surface area contributed by atoms with Crippen molar-refractivity contribution in [2.24, 2.45) is 0 Å². The molecule has 1 atom stereocenters. The van der Waals surface area contributed by atoms with Crippen LogP contribution in [0.3, 0.4) is 0 Å². The predicted molar refractivity (Wildman–Crippen MR) is 136 cm³/mol. The highest BCUT2D eigenvalue weighted by Gasteiger charge is 2.36. The summed E-state index contributed by atoms with van der Waals surface area (Å²) in [6.07, 6.45) is 17.7. The molecule has 8 nitrogen and oxygen atoms in total. The molecule has 0 saturated carbocycles. The number of rotatable bonds is 21. The van der Waals surface area contributed by atoms with Crippen LogP contribution in [-0.2, 0) is 14.9 Å². The first-order chi connectivity index (χ1) is 16.3. The van der Waals surface area contributed by atoms with Gasteiger partial charge in [0.25, 0.3) is 10.1 Å². The molecule has 1 aliphatic rings. The highest BCUT2D eigenvalue weighted by molar-refractivity contribution is 7.85. The Hall–Kier alpha value is -1.29. The summed E-state index contributed by atoms with van der Waals surface area (Å²) in [5.41, 5.74) is 0. The molecular formula is C25H47N2O6S+.